The zero-order valence-corrected chi connectivity index (χ0v) is 19.1. The molecule has 2 aliphatic carbocycles. The Morgan fingerprint density at radius 1 is 1.15 bits per heavy atom. The molecule has 2 atom stereocenters. The summed E-state index contributed by atoms with van der Waals surface area (Å²) in [6.45, 7) is 6.13. The lowest BCUT2D eigenvalue weighted by atomic mass is 10.1. The standard InChI is InChI=1S/C26H28FN3O3/c1-25(2,3)32-24(31)30(21-15-20(21)17-7-5-4-6-8-17)16-26(13-14-26)23-28-22(33-29-23)18-9-11-19(27)12-10-18/h4-12,20-21H,13-16H2,1-3H3/t20-,21+/m1/s1. The monoisotopic (exact) mass is 449 g/mol. The summed E-state index contributed by atoms with van der Waals surface area (Å²) in [4.78, 5) is 19.7. The van der Waals surface area contributed by atoms with Gasteiger partial charge in [0.05, 0.1) is 5.41 Å². The lowest BCUT2D eigenvalue weighted by Crippen LogP contribution is -2.43. The molecule has 0 N–H and O–H groups in total. The zero-order valence-electron chi connectivity index (χ0n) is 19.1. The molecule has 7 heteroatoms. The first-order valence-electron chi connectivity index (χ1n) is 11.4. The van der Waals surface area contributed by atoms with Gasteiger partial charge in [0.1, 0.15) is 11.4 Å². The van der Waals surface area contributed by atoms with E-state index in [9.17, 15) is 9.18 Å². The molecular weight excluding hydrogens is 421 g/mol. The summed E-state index contributed by atoms with van der Waals surface area (Å²) in [5.74, 6) is 0.929. The zero-order chi connectivity index (χ0) is 23.2. The van der Waals surface area contributed by atoms with Gasteiger partial charge in [-0.25, -0.2) is 9.18 Å². The Morgan fingerprint density at radius 2 is 1.85 bits per heavy atom. The third-order valence-corrected chi connectivity index (χ3v) is 6.33. The van der Waals surface area contributed by atoms with Crippen molar-refractivity contribution in [1.82, 2.24) is 15.0 Å². The Morgan fingerprint density at radius 3 is 2.48 bits per heavy atom. The van der Waals surface area contributed by atoms with Crippen molar-refractivity contribution >= 4 is 6.09 Å². The van der Waals surface area contributed by atoms with Crippen LogP contribution < -0.4 is 0 Å². The molecule has 5 rings (SSSR count). The van der Waals surface area contributed by atoms with E-state index in [1.54, 1.807) is 12.1 Å². The highest BCUT2D eigenvalue weighted by atomic mass is 19.1. The summed E-state index contributed by atoms with van der Waals surface area (Å²) >= 11 is 0. The van der Waals surface area contributed by atoms with Crippen LogP contribution in [0.4, 0.5) is 9.18 Å². The van der Waals surface area contributed by atoms with Crippen molar-refractivity contribution in [1.29, 1.82) is 0 Å². The number of nitrogens with zero attached hydrogens (tertiary/aromatic N) is 3. The summed E-state index contributed by atoms with van der Waals surface area (Å²) in [6, 6.07) is 16.3. The number of carbonyl (C=O) groups is 1. The molecule has 1 amide bonds. The summed E-state index contributed by atoms with van der Waals surface area (Å²) in [5, 5.41) is 4.23. The van der Waals surface area contributed by atoms with Crippen LogP contribution in [0.2, 0.25) is 0 Å². The number of rotatable bonds is 6. The number of hydrogen-bond acceptors (Lipinski definition) is 5. The van der Waals surface area contributed by atoms with Crippen molar-refractivity contribution in [3.63, 3.8) is 0 Å². The Kier molecular flexibility index (Phi) is 5.22. The first kappa shape index (κ1) is 21.6. The summed E-state index contributed by atoms with van der Waals surface area (Å²) in [5.41, 5.74) is 0.980. The van der Waals surface area contributed by atoms with Gasteiger partial charge in [-0.15, -0.1) is 0 Å². The lowest BCUT2D eigenvalue weighted by Gasteiger charge is -2.30. The van der Waals surface area contributed by atoms with E-state index in [4.69, 9.17) is 9.26 Å². The fourth-order valence-corrected chi connectivity index (χ4v) is 4.30. The number of aromatic nitrogens is 2. The van der Waals surface area contributed by atoms with Gasteiger partial charge < -0.3 is 14.2 Å². The van der Waals surface area contributed by atoms with Crippen molar-refractivity contribution in [2.24, 2.45) is 0 Å². The van der Waals surface area contributed by atoms with E-state index in [1.807, 2.05) is 43.9 Å². The molecule has 0 radical (unpaired) electrons. The maximum Gasteiger partial charge on any atom is 0.410 e. The highest BCUT2D eigenvalue weighted by Crippen LogP contribution is 2.52. The van der Waals surface area contributed by atoms with Gasteiger partial charge in [-0.2, -0.15) is 4.98 Å². The van der Waals surface area contributed by atoms with Gasteiger partial charge in [0, 0.05) is 24.1 Å². The van der Waals surface area contributed by atoms with Gasteiger partial charge in [0.15, 0.2) is 5.82 Å². The first-order chi connectivity index (χ1) is 15.7. The van der Waals surface area contributed by atoms with Crippen molar-refractivity contribution < 1.29 is 18.4 Å². The molecule has 1 heterocycles. The quantitative estimate of drug-likeness (QED) is 0.483. The van der Waals surface area contributed by atoms with Crippen LogP contribution in [0.3, 0.4) is 0 Å². The molecule has 2 fully saturated rings. The SMILES string of the molecule is CC(C)(C)OC(=O)N(CC1(c2noc(-c3ccc(F)cc3)n2)CC1)[C@H]1C[C@@H]1c1ccccc1. The normalized spacial score (nSPS) is 20.8. The van der Waals surface area contributed by atoms with Gasteiger partial charge in [-0.05, 0) is 69.9 Å². The molecule has 2 aliphatic rings. The van der Waals surface area contributed by atoms with Crippen LogP contribution in [0.15, 0.2) is 59.1 Å². The van der Waals surface area contributed by atoms with E-state index in [0.29, 0.717) is 29.7 Å². The van der Waals surface area contributed by atoms with Gasteiger partial charge in [-0.3, -0.25) is 0 Å². The molecular formula is C26H28FN3O3. The van der Waals surface area contributed by atoms with Gasteiger partial charge in [0.25, 0.3) is 5.89 Å². The van der Waals surface area contributed by atoms with Gasteiger partial charge in [-0.1, -0.05) is 35.5 Å². The third kappa shape index (κ3) is 4.63. The van der Waals surface area contributed by atoms with E-state index in [-0.39, 0.29) is 23.4 Å². The molecule has 0 spiro atoms. The Bertz CT molecular complexity index is 1130. The lowest BCUT2D eigenvalue weighted by molar-refractivity contribution is 0.0208. The van der Waals surface area contributed by atoms with Crippen LogP contribution in [0.25, 0.3) is 11.5 Å². The van der Waals surface area contributed by atoms with Crippen LogP contribution in [0, 0.1) is 5.82 Å². The van der Waals surface area contributed by atoms with E-state index in [1.165, 1.54) is 17.7 Å². The highest BCUT2D eigenvalue weighted by Gasteiger charge is 2.55. The van der Waals surface area contributed by atoms with Gasteiger partial charge in [0.2, 0.25) is 0 Å². The van der Waals surface area contributed by atoms with Crippen LogP contribution in [-0.4, -0.2) is 39.3 Å². The fraction of sp³-hybridized carbons (Fsp3) is 0.423. The molecule has 2 aromatic carbocycles. The molecule has 33 heavy (non-hydrogen) atoms. The van der Waals surface area contributed by atoms with Crippen LogP contribution in [0.1, 0.15) is 57.3 Å². The molecule has 6 nitrogen and oxygen atoms in total. The van der Waals surface area contributed by atoms with Crippen LogP contribution in [0.5, 0.6) is 0 Å². The van der Waals surface area contributed by atoms with Crippen molar-refractivity contribution in [3.8, 4) is 11.5 Å². The Labute approximate surface area is 192 Å². The average molecular weight is 450 g/mol. The van der Waals surface area contributed by atoms with E-state index in [0.717, 1.165) is 19.3 Å². The number of carbonyl (C=O) groups excluding carboxylic acids is 1. The summed E-state index contributed by atoms with van der Waals surface area (Å²) in [6.07, 6.45) is 2.35. The van der Waals surface area contributed by atoms with E-state index >= 15 is 0 Å². The van der Waals surface area contributed by atoms with Crippen molar-refractivity contribution in [2.45, 2.75) is 63.0 Å². The summed E-state index contributed by atoms with van der Waals surface area (Å²) in [7, 11) is 0. The number of benzene rings is 2. The number of hydrogen-bond donors (Lipinski definition) is 0. The predicted octanol–water partition coefficient (Wildman–Crippen LogP) is 5.70. The second kappa shape index (κ2) is 7.97. The fourth-order valence-electron chi connectivity index (χ4n) is 4.30. The second-order valence-corrected chi connectivity index (χ2v) is 10.1. The van der Waals surface area contributed by atoms with Crippen molar-refractivity contribution in [3.05, 3.63) is 71.8 Å². The molecule has 172 valence electrons. The molecule has 1 aromatic heterocycles. The molecule has 3 aromatic rings. The average Bonchev–Trinajstić information content (AvgIpc) is 3.69. The van der Waals surface area contributed by atoms with E-state index < -0.39 is 5.60 Å². The van der Waals surface area contributed by atoms with E-state index in [2.05, 4.69) is 22.3 Å². The van der Waals surface area contributed by atoms with Crippen LogP contribution in [-0.2, 0) is 10.2 Å². The minimum Gasteiger partial charge on any atom is -0.444 e. The predicted molar refractivity (Wildman–Crippen MR) is 121 cm³/mol. The molecule has 0 aliphatic heterocycles. The summed E-state index contributed by atoms with van der Waals surface area (Å²) < 4.78 is 24.5. The number of halogens is 1. The molecule has 0 unspecified atom stereocenters. The smallest absolute Gasteiger partial charge is 0.410 e. The van der Waals surface area contributed by atoms with Gasteiger partial charge >= 0.3 is 6.09 Å². The topological polar surface area (TPSA) is 68.5 Å². The second-order valence-electron chi connectivity index (χ2n) is 10.1. The maximum atomic E-state index is 13.3. The van der Waals surface area contributed by atoms with Crippen molar-refractivity contribution in [2.75, 3.05) is 6.54 Å². The maximum absolute atomic E-state index is 13.3. The van der Waals surface area contributed by atoms with Crippen LogP contribution >= 0.6 is 0 Å². The number of ether oxygens (including phenoxy) is 1. The Balaban J connectivity index is 1.37. The molecule has 0 saturated heterocycles. The Hall–Kier alpha value is -3.22. The minimum atomic E-state index is -0.578. The molecule has 0 bridgehead atoms. The molecule has 2 saturated carbocycles. The third-order valence-electron chi connectivity index (χ3n) is 6.33. The minimum absolute atomic E-state index is 0.0863. The first-order valence-corrected chi connectivity index (χ1v) is 11.4. The number of amides is 1. The highest BCUT2D eigenvalue weighted by molar-refractivity contribution is 5.70. The largest absolute Gasteiger partial charge is 0.444 e.